The quantitative estimate of drug-likeness (QED) is 0.261. The maximum atomic E-state index is 12.8. The molecule has 0 fully saturated rings. The fourth-order valence-corrected chi connectivity index (χ4v) is 4.18. The highest BCUT2D eigenvalue weighted by molar-refractivity contribution is 5.94. The standard InChI is InChI=1S/C24H20N2O6/c25-22(14-6-5-7-15(12-14)26(30)31)21(23(27)28)24(29)32-13-20-18-10-3-1-8-16(18)17-9-2-4-11-19(17)20/h1-12,20-22H,13,25H2,(H,27,28)/t21-,22-/m1/s1. The highest BCUT2D eigenvalue weighted by Crippen LogP contribution is 2.44. The first-order chi connectivity index (χ1) is 15.4. The molecule has 0 bridgehead atoms. The van der Waals surface area contributed by atoms with Gasteiger partial charge in [-0.15, -0.1) is 0 Å². The van der Waals surface area contributed by atoms with E-state index in [1.54, 1.807) is 0 Å². The number of nitrogens with zero attached hydrogens (tertiary/aromatic N) is 1. The monoisotopic (exact) mass is 432 g/mol. The number of ether oxygens (including phenoxy) is 1. The van der Waals surface area contributed by atoms with Crippen molar-refractivity contribution in [1.29, 1.82) is 0 Å². The number of quaternary nitrogens is 1. The zero-order chi connectivity index (χ0) is 22.8. The van der Waals surface area contributed by atoms with Gasteiger partial charge in [0, 0.05) is 23.6 Å². The lowest BCUT2D eigenvalue weighted by Crippen LogP contribution is -2.62. The predicted octanol–water partition coefficient (Wildman–Crippen LogP) is 1.60. The second kappa shape index (κ2) is 8.60. The van der Waals surface area contributed by atoms with Crippen LogP contribution < -0.4 is 10.8 Å². The van der Waals surface area contributed by atoms with Gasteiger partial charge in [-0.25, -0.2) is 0 Å². The van der Waals surface area contributed by atoms with Gasteiger partial charge in [0.2, 0.25) is 0 Å². The number of carbonyl (C=O) groups excluding carboxylic acids is 2. The molecule has 162 valence electrons. The molecule has 0 saturated carbocycles. The molecule has 0 unspecified atom stereocenters. The first-order valence-electron chi connectivity index (χ1n) is 10.0. The number of nitro groups is 1. The number of benzene rings is 3. The predicted molar refractivity (Wildman–Crippen MR) is 112 cm³/mol. The molecule has 4 rings (SSSR count). The summed E-state index contributed by atoms with van der Waals surface area (Å²) in [7, 11) is 0. The third-order valence-corrected chi connectivity index (χ3v) is 5.77. The van der Waals surface area contributed by atoms with Gasteiger partial charge in [-0.1, -0.05) is 60.7 Å². The number of aliphatic carboxylic acids is 1. The van der Waals surface area contributed by atoms with Crippen LogP contribution in [-0.4, -0.2) is 23.5 Å². The fraction of sp³-hybridized carbons (Fsp3) is 0.167. The van der Waals surface area contributed by atoms with Crippen molar-refractivity contribution in [1.82, 2.24) is 0 Å². The maximum Gasteiger partial charge on any atom is 0.321 e. The molecular formula is C24H20N2O6. The number of hydrogen-bond acceptors (Lipinski definition) is 6. The summed E-state index contributed by atoms with van der Waals surface area (Å²) in [4.78, 5) is 35.0. The zero-order valence-corrected chi connectivity index (χ0v) is 17.0. The Labute approximate surface area is 183 Å². The molecule has 8 heteroatoms. The second-order valence-electron chi connectivity index (χ2n) is 7.61. The van der Waals surface area contributed by atoms with Crippen molar-refractivity contribution in [2.45, 2.75) is 12.0 Å². The molecule has 0 heterocycles. The third-order valence-electron chi connectivity index (χ3n) is 5.77. The van der Waals surface area contributed by atoms with E-state index in [9.17, 15) is 24.8 Å². The van der Waals surface area contributed by atoms with E-state index in [0.717, 1.165) is 22.3 Å². The lowest BCUT2D eigenvalue weighted by Gasteiger charge is -2.22. The van der Waals surface area contributed by atoms with Crippen LogP contribution in [0.15, 0.2) is 72.8 Å². The zero-order valence-electron chi connectivity index (χ0n) is 17.0. The minimum Gasteiger partial charge on any atom is -0.549 e. The molecule has 0 saturated heterocycles. The van der Waals surface area contributed by atoms with Crippen LogP contribution in [0.2, 0.25) is 0 Å². The number of nitro benzene ring substituents is 1. The number of non-ortho nitro benzene ring substituents is 1. The number of carboxylic acid groups (broad SMARTS) is 1. The molecule has 0 aromatic heterocycles. The van der Waals surface area contributed by atoms with Crippen LogP contribution >= 0.6 is 0 Å². The van der Waals surface area contributed by atoms with Crippen LogP contribution in [0.1, 0.15) is 28.7 Å². The van der Waals surface area contributed by atoms with E-state index in [2.05, 4.69) is 5.73 Å². The van der Waals surface area contributed by atoms with Crippen LogP contribution in [0.5, 0.6) is 0 Å². The van der Waals surface area contributed by atoms with Crippen LogP contribution in [0.25, 0.3) is 11.1 Å². The van der Waals surface area contributed by atoms with Crippen molar-refractivity contribution in [2.24, 2.45) is 5.92 Å². The molecule has 8 nitrogen and oxygen atoms in total. The molecule has 3 aromatic carbocycles. The molecule has 2 atom stereocenters. The molecule has 0 aliphatic heterocycles. The van der Waals surface area contributed by atoms with Gasteiger partial charge >= 0.3 is 5.97 Å². The summed E-state index contributed by atoms with van der Waals surface area (Å²) >= 11 is 0. The summed E-state index contributed by atoms with van der Waals surface area (Å²) in [5, 5.41) is 22.8. The van der Waals surface area contributed by atoms with E-state index in [1.807, 2.05) is 48.5 Å². The Kier molecular flexibility index (Phi) is 5.70. The maximum absolute atomic E-state index is 12.8. The minimum absolute atomic E-state index is 0.0434. The van der Waals surface area contributed by atoms with E-state index in [4.69, 9.17) is 4.74 Å². The Hall–Kier alpha value is -4.04. The van der Waals surface area contributed by atoms with Crippen LogP contribution in [0, 0.1) is 16.0 Å². The number of rotatable bonds is 7. The summed E-state index contributed by atoms with van der Waals surface area (Å²) in [5.74, 6) is -4.56. The second-order valence-corrected chi connectivity index (χ2v) is 7.61. The van der Waals surface area contributed by atoms with E-state index in [1.165, 1.54) is 24.3 Å². The summed E-state index contributed by atoms with van der Waals surface area (Å²) in [6, 6.07) is 19.8. The molecule has 3 N–H and O–H groups in total. The smallest absolute Gasteiger partial charge is 0.321 e. The van der Waals surface area contributed by atoms with Gasteiger partial charge in [-0.2, -0.15) is 0 Å². The third kappa shape index (κ3) is 3.83. The first kappa shape index (κ1) is 21.2. The van der Waals surface area contributed by atoms with Crippen molar-refractivity contribution < 1.29 is 30.1 Å². The van der Waals surface area contributed by atoms with Crippen molar-refractivity contribution in [3.05, 3.63) is 99.6 Å². The largest absolute Gasteiger partial charge is 0.549 e. The van der Waals surface area contributed by atoms with Gasteiger partial charge in [0.1, 0.15) is 12.6 Å². The summed E-state index contributed by atoms with van der Waals surface area (Å²) in [6.07, 6.45) is 0. The lowest BCUT2D eigenvalue weighted by molar-refractivity contribution is -0.440. The molecule has 1 aliphatic carbocycles. The molecule has 3 aromatic rings. The van der Waals surface area contributed by atoms with Crippen LogP contribution in [0.3, 0.4) is 0 Å². The fourth-order valence-electron chi connectivity index (χ4n) is 4.18. The molecule has 1 aliphatic rings. The van der Waals surface area contributed by atoms with Gasteiger partial charge < -0.3 is 20.4 Å². The van der Waals surface area contributed by atoms with Gasteiger partial charge in [-0.05, 0) is 22.3 Å². The number of esters is 1. The van der Waals surface area contributed by atoms with E-state index < -0.39 is 28.8 Å². The average molecular weight is 432 g/mol. The van der Waals surface area contributed by atoms with Crippen molar-refractivity contribution in [2.75, 3.05) is 6.61 Å². The highest BCUT2D eigenvalue weighted by atomic mass is 16.6. The normalized spacial score (nSPS) is 14.2. The summed E-state index contributed by atoms with van der Waals surface area (Å²) in [6.45, 7) is -0.0434. The summed E-state index contributed by atoms with van der Waals surface area (Å²) < 4.78 is 5.45. The first-order valence-corrected chi connectivity index (χ1v) is 10.0. The highest BCUT2D eigenvalue weighted by Gasteiger charge is 2.35. The number of carbonyl (C=O) groups is 2. The lowest BCUT2D eigenvalue weighted by atomic mass is 9.93. The number of hydrogen-bond donors (Lipinski definition) is 1. The van der Waals surface area contributed by atoms with Gasteiger partial charge in [0.15, 0.2) is 5.92 Å². The van der Waals surface area contributed by atoms with E-state index in [0.29, 0.717) is 0 Å². The SMILES string of the molecule is [NH3+][C@H](c1cccc([N+](=O)[O-])c1)[C@H](C(=O)[O-])C(=O)OCC1c2ccccc2-c2ccccc21. The summed E-state index contributed by atoms with van der Waals surface area (Å²) in [5.41, 5.74) is 7.87. The van der Waals surface area contributed by atoms with Crippen LogP contribution in [0.4, 0.5) is 5.69 Å². The van der Waals surface area contributed by atoms with Gasteiger partial charge in [-0.3, -0.25) is 14.9 Å². The van der Waals surface area contributed by atoms with Gasteiger partial charge in [0.25, 0.3) is 5.69 Å². The molecule has 32 heavy (non-hydrogen) atoms. The Balaban J connectivity index is 1.55. The van der Waals surface area contributed by atoms with E-state index >= 15 is 0 Å². The van der Waals surface area contributed by atoms with Crippen LogP contribution in [-0.2, 0) is 14.3 Å². The average Bonchev–Trinajstić information content (AvgIpc) is 3.11. The van der Waals surface area contributed by atoms with Crippen molar-refractivity contribution >= 4 is 17.6 Å². The van der Waals surface area contributed by atoms with Crippen molar-refractivity contribution in [3.63, 3.8) is 0 Å². The van der Waals surface area contributed by atoms with Crippen molar-refractivity contribution in [3.8, 4) is 11.1 Å². The Morgan fingerprint density at radius 2 is 1.56 bits per heavy atom. The Bertz CT molecular complexity index is 1160. The minimum atomic E-state index is -1.70. The Morgan fingerprint density at radius 1 is 0.969 bits per heavy atom. The van der Waals surface area contributed by atoms with Gasteiger partial charge in [0.05, 0.1) is 10.9 Å². The number of fused-ring (bicyclic) bond motifs is 3. The number of carboxylic acids is 1. The molecule has 0 radical (unpaired) electrons. The molecule has 0 amide bonds. The van der Waals surface area contributed by atoms with E-state index in [-0.39, 0.29) is 23.8 Å². The Morgan fingerprint density at radius 3 is 2.12 bits per heavy atom. The topological polar surface area (TPSA) is 137 Å². The molecular weight excluding hydrogens is 412 g/mol. The molecule has 0 spiro atoms.